The van der Waals surface area contributed by atoms with E-state index in [2.05, 4.69) is 0 Å². The van der Waals surface area contributed by atoms with Crippen molar-refractivity contribution in [1.29, 1.82) is 0 Å². The Bertz CT molecular complexity index is 491. The second-order valence-electron chi connectivity index (χ2n) is 5.34. The minimum atomic E-state index is -3.19. The van der Waals surface area contributed by atoms with Gasteiger partial charge in [-0.2, -0.15) is 0 Å². The van der Waals surface area contributed by atoms with E-state index in [9.17, 15) is 8.42 Å². The fraction of sp³-hybridized carbons (Fsp3) is 0.571. The second-order valence-corrected chi connectivity index (χ2v) is 7.31. The van der Waals surface area contributed by atoms with E-state index >= 15 is 0 Å². The summed E-state index contributed by atoms with van der Waals surface area (Å²) in [5, 5.41) is 0. The van der Waals surface area contributed by atoms with Crippen LogP contribution in [0.4, 0.5) is 0 Å². The molecule has 1 aromatic carbocycles. The first kappa shape index (κ1) is 14.5. The highest BCUT2D eigenvalue weighted by Gasteiger charge is 2.29. The molecule has 0 saturated carbocycles. The van der Waals surface area contributed by atoms with Crippen LogP contribution in [0.3, 0.4) is 0 Å². The molecule has 2 rings (SSSR count). The van der Waals surface area contributed by atoms with E-state index in [4.69, 9.17) is 5.73 Å². The monoisotopic (exact) mass is 282 g/mol. The van der Waals surface area contributed by atoms with Gasteiger partial charge >= 0.3 is 0 Å². The van der Waals surface area contributed by atoms with Crippen LogP contribution in [-0.2, 0) is 15.8 Å². The summed E-state index contributed by atoms with van der Waals surface area (Å²) in [5.41, 5.74) is 6.72. The number of sulfonamides is 1. The Hall–Kier alpha value is -0.910. The van der Waals surface area contributed by atoms with E-state index in [1.54, 1.807) is 4.31 Å². The van der Waals surface area contributed by atoms with Gasteiger partial charge < -0.3 is 5.73 Å². The van der Waals surface area contributed by atoms with Crippen LogP contribution in [-0.4, -0.2) is 31.9 Å². The number of rotatable bonds is 4. The summed E-state index contributed by atoms with van der Waals surface area (Å²) in [6, 6.07) is 9.49. The summed E-state index contributed by atoms with van der Waals surface area (Å²) < 4.78 is 26.3. The Kier molecular flexibility index (Phi) is 4.60. The lowest BCUT2D eigenvalue weighted by atomic mass is 9.92. The second kappa shape index (κ2) is 6.03. The molecule has 1 aliphatic heterocycles. The predicted molar refractivity (Wildman–Crippen MR) is 77.0 cm³/mol. The number of nitrogens with zero attached hydrogens (tertiary/aromatic N) is 1. The standard InChI is InChI=1S/C14H22N2O2S/c1-12(15)14-7-9-16(10-8-14)19(17,18)11-13-5-3-2-4-6-13/h2-6,12,14H,7-11,15H2,1H3. The Morgan fingerprint density at radius 2 is 1.84 bits per heavy atom. The van der Waals surface area contributed by atoms with Gasteiger partial charge in [0.1, 0.15) is 0 Å². The van der Waals surface area contributed by atoms with Crippen molar-refractivity contribution in [1.82, 2.24) is 4.31 Å². The van der Waals surface area contributed by atoms with Crippen LogP contribution < -0.4 is 5.73 Å². The Morgan fingerprint density at radius 1 is 1.26 bits per heavy atom. The Labute approximate surface area is 115 Å². The predicted octanol–water partition coefficient (Wildman–Crippen LogP) is 1.58. The molecule has 0 bridgehead atoms. The van der Waals surface area contributed by atoms with Crippen LogP contribution >= 0.6 is 0 Å². The first-order chi connectivity index (χ1) is 8.99. The van der Waals surface area contributed by atoms with Gasteiger partial charge in [-0.15, -0.1) is 0 Å². The van der Waals surface area contributed by atoms with Gasteiger partial charge in [-0.25, -0.2) is 12.7 Å². The highest BCUT2D eigenvalue weighted by Crippen LogP contribution is 2.23. The molecule has 5 heteroatoms. The summed E-state index contributed by atoms with van der Waals surface area (Å²) >= 11 is 0. The maximum atomic E-state index is 12.3. The first-order valence-corrected chi connectivity index (χ1v) is 8.37. The van der Waals surface area contributed by atoms with Crippen molar-refractivity contribution in [2.24, 2.45) is 11.7 Å². The molecule has 1 unspecified atom stereocenters. The average Bonchev–Trinajstić information content (AvgIpc) is 2.39. The fourth-order valence-electron chi connectivity index (χ4n) is 2.56. The minimum absolute atomic E-state index is 0.0939. The lowest BCUT2D eigenvalue weighted by Crippen LogP contribution is -2.42. The van der Waals surface area contributed by atoms with E-state index < -0.39 is 10.0 Å². The Morgan fingerprint density at radius 3 is 2.37 bits per heavy atom. The molecular weight excluding hydrogens is 260 g/mol. The van der Waals surface area contributed by atoms with Gasteiger partial charge in [0.15, 0.2) is 0 Å². The van der Waals surface area contributed by atoms with Gasteiger partial charge in [0.05, 0.1) is 5.75 Å². The summed E-state index contributed by atoms with van der Waals surface area (Å²) in [4.78, 5) is 0. The first-order valence-electron chi connectivity index (χ1n) is 6.76. The van der Waals surface area contributed by atoms with Gasteiger partial charge in [-0.1, -0.05) is 30.3 Å². The van der Waals surface area contributed by atoms with E-state index in [1.165, 1.54) is 0 Å². The number of hydrogen-bond donors (Lipinski definition) is 1. The van der Waals surface area contributed by atoms with Crippen molar-refractivity contribution >= 4 is 10.0 Å². The molecule has 1 aliphatic rings. The van der Waals surface area contributed by atoms with Gasteiger partial charge in [0, 0.05) is 19.1 Å². The quantitative estimate of drug-likeness (QED) is 0.912. The smallest absolute Gasteiger partial charge is 0.218 e. The minimum Gasteiger partial charge on any atom is -0.328 e. The van der Waals surface area contributed by atoms with Crippen molar-refractivity contribution in [2.75, 3.05) is 13.1 Å². The van der Waals surface area contributed by atoms with Crippen molar-refractivity contribution < 1.29 is 8.42 Å². The molecule has 0 radical (unpaired) electrons. The largest absolute Gasteiger partial charge is 0.328 e. The lowest BCUT2D eigenvalue weighted by molar-refractivity contribution is 0.250. The average molecular weight is 282 g/mol. The van der Waals surface area contributed by atoms with Crippen LogP contribution in [0.1, 0.15) is 25.3 Å². The fourth-order valence-corrected chi connectivity index (χ4v) is 4.12. The molecule has 0 spiro atoms. The number of benzene rings is 1. The molecule has 1 saturated heterocycles. The summed E-state index contributed by atoms with van der Waals surface area (Å²) in [7, 11) is -3.19. The molecule has 1 aromatic rings. The van der Waals surface area contributed by atoms with E-state index in [1.807, 2.05) is 37.3 Å². The summed E-state index contributed by atoms with van der Waals surface area (Å²) in [6.45, 7) is 3.20. The van der Waals surface area contributed by atoms with Crippen LogP contribution in [0.2, 0.25) is 0 Å². The zero-order valence-corrected chi connectivity index (χ0v) is 12.1. The normalized spacial score (nSPS) is 20.3. The van der Waals surface area contributed by atoms with Crippen LogP contribution in [0.5, 0.6) is 0 Å². The van der Waals surface area contributed by atoms with Gasteiger partial charge in [-0.05, 0) is 31.2 Å². The van der Waals surface area contributed by atoms with E-state index in [0.717, 1.165) is 18.4 Å². The molecule has 1 atom stereocenters. The van der Waals surface area contributed by atoms with Crippen LogP contribution in [0.15, 0.2) is 30.3 Å². The molecule has 4 nitrogen and oxygen atoms in total. The third kappa shape index (κ3) is 3.78. The molecule has 106 valence electrons. The zero-order chi connectivity index (χ0) is 13.9. The molecule has 1 fully saturated rings. The van der Waals surface area contributed by atoms with Crippen molar-refractivity contribution in [3.8, 4) is 0 Å². The van der Waals surface area contributed by atoms with Gasteiger partial charge in [0.2, 0.25) is 10.0 Å². The van der Waals surface area contributed by atoms with Gasteiger partial charge in [-0.3, -0.25) is 0 Å². The lowest BCUT2D eigenvalue weighted by Gasteiger charge is -2.32. The van der Waals surface area contributed by atoms with E-state index in [-0.39, 0.29) is 11.8 Å². The van der Waals surface area contributed by atoms with Crippen LogP contribution in [0, 0.1) is 5.92 Å². The molecule has 2 N–H and O–H groups in total. The molecule has 0 aromatic heterocycles. The maximum absolute atomic E-state index is 12.3. The zero-order valence-electron chi connectivity index (χ0n) is 11.3. The topological polar surface area (TPSA) is 63.4 Å². The Balaban J connectivity index is 1.98. The maximum Gasteiger partial charge on any atom is 0.218 e. The number of hydrogen-bond acceptors (Lipinski definition) is 3. The molecule has 0 amide bonds. The molecule has 1 heterocycles. The van der Waals surface area contributed by atoms with Crippen molar-refractivity contribution in [3.05, 3.63) is 35.9 Å². The molecule has 0 aliphatic carbocycles. The SMILES string of the molecule is CC(N)C1CCN(S(=O)(=O)Cc2ccccc2)CC1. The van der Waals surface area contributed by atoms with Crippen LogP contribution in [0.25, 0.3) is 0 Å². The third-order valence-electron chi connectivity index (χ3n) is 3.83. The third-order valence-corrected chi connectivity index (χ3v) is 5.68. The highest BCUT2D eigenvalue weighted by molar-refractivity contribution is 7.88. The van der Waals surface area contributed by atoms with Crippen molar-refractivity contribution in [3.63, 3.8) is 0 Å². The van der Waals surface area contributed by atoms with Crippen molar-refractivity contribution in [2.45, 2.75) is 31.6 Å². The van der Waals surface area contributed by atoms with Gasteiger partial charge in [0.25, 0.3) is 0 Å². The number of piperidine rings is 1. The number of nitrogens with two attached hydrogens (primary N) is 1. The van der Waals surface area contributed by atoms with E-state index in [0.29, 0.717) is 19.0 Å². The summed E-state index contributed by atoms with van der Waals surface area (Å²) in [5.74, 6) is 0.541. The molecule has 19 heavy (non-hydrogen) atoms. The molecular formula is C14H22N2O2S. The summed E-state index contributed by atoms with van der Waals surface area (Å²) in [6.07, 6.45) is 1.73. The highest BCUT2D eigenvalue weighted by atomic mass is 32.2.